The molecule has 1 aromatic carbocycles. The minimum Gasteiger partial charge on any atom is -0.375 e. The van der Waals surface area contributed by atoms with Crippen molar-refractivity contribution in [1.82, 2.24) is 10.2 Å². The zero-order valence-corrected chi connectivity index (χ0v) is 9.94. The lowest BCUT2D eigenvalue weighted by molar-refractivity contribution is 1.01. The molecule has 0 aliphatic heterocycles. The van der Waals surface area contributed by atoms with Crippen LogP contribution in [0.3, 0.4) is 0 Å². The van der Waals surface area contributed by atoms with E-state index in [4.69, 9.17) is 11.6 Å². The van der Waals surface area contributed by atoms with Crippen molar-refractivity contribution < 1.29 is 0 Å². The van der Waals surface area contributed by atoms with Gasteiger partial charge in [-0.3, -0.25) is 0 Å². The standard InChI is InChI=1S/C12H12ClN3/c1-16(2)11-8-10(14-15-12(11)13)9-6-4-3-5-7-9/h3-8H,1-2H3. The number of anilines is 1. The Labute approximate surface area is 99.7 Å². The molecular weight excluding hydrogens is 222 g/mol. The molecule has 0 bridgehead atoms. The average Bonchev–Trinajstić information content (AvgIpc) is 2.30. The van der Waals surface area contributed by atoms with Crippen molar-refractivity contribution in [2.45, 2.75) is 0 Å². The highest BCUT2D eigenvalue weighted by molar-refractivity contribution is 6.32. The second kappa shape index (κ2) is 4.49. The molecule has 0 unspecified atom stereocenters. The van der Waals surface area contributed by atoms with Crippen molar-refractivity contribution in [2.24, 2.45) is 0 Å². The van der Waals surface area contributed by atoms with Gasteiger partial charge in [-0.05, 0) is 6.07 Å². The molecule has 0 amide bonds. The number of halogens is 1. The van der Waals surface area contributed by atoms with Gasteiger partial charge >= 0.3 is 0 Å². The number of rotatable bonds is 2. The molecule has 3 nitrogen and oxygen atoms in total. The first-order chi connectivity index (χ1) is 7.68. The SMILES string of the molecule is CN(C)c1cc(-c2ccccc2)nnc1Cl. The third-order valence-corrected chi connectivity index (χ3v) is 2.55. The molecule has 82 valence electrons. The lowest BCUT2D eigenvalue weighted by Crippen LogP contribution is -2.10. The second-order valence-electron chi connectivity index (χ2n) is 3.67. The lowest BCUT2D eigenvalue weighted by atomic mass is 10.1. The van der Waals surface area contributed by atoms with Gasteiger partial charge in [-0.25, -0.2) is 0 Å². The summed E-state index contributed by atoms with van der Waals surface area (Å²) in [7, 11) is 3.86. The molecule has 0 aliphatic rings. The Kier molecular flexibility index (Phi) is 3.06. The van der Waals surface area contributed by atoms with Crippen LogP contribution in [0.15, 0.2) is 36.4 Å². The van der Waals surface area contributed by atoms with Gasteiger partial charge in [-0.15, -0.1) is 10.2 Å². The summed E-state index contributed by atoms with van der Waals surface area (Å²) in [6.07, 6.45) is 0. The van der Waals surface area contributed by atoms with E-state index in [0.717, 1.165) is 16.9 Å². The molecule has 16 heavy (non-hydrogen) atoms. The summed E-state index contributed by atoms with van der Waals surface area (Å²) in [5.74, 6) is 0. The minimum absolute atomic E-state index is 0.421. The molecule has 4 heteroatoms. The number of hydrogen-bond donors (Lipinski definition) is 0. The summed E-state index contributed by atoms with van der Waals surface area (Å²) in [4.78, 5) is 1.92. The van der Waals surface area contributed by atoms with Crippen molar-refractivity contribution in [2.75, 3.05) is 19.0 Å². The molecule has 0 spiro atoms. The Balaban J connectivity index is 2.48. The first-order valence-corrected chi connectivity index (χ1v) is 5.32. The molecule has 0 saturated heterocycles. The molecule has 1 heterocycles. The highest BCUT2D eigenvalue weighted by Gasteiger charge is 2.07. The summed E-state index contributed by atoms with van der Waals surface area (Å²) >= 11 is 5.96. The van der Waals surface area contributed by atoms with Crippen LogP contribution in [-0.4, -0.2) is 24.3 Å². The van der Waals surface area contributed by atoms with Gasteiger partial charge in [0.15, 0.2) is 5.15 Å². The number of benzene rings is 1. The van der Waals surface area contributed by atoms with Gasteiger partial charge in [-0.2, -0.15) is 0 Å². The van der Waals surface area contributed by atoms with E-state index in [-0.39, 0.29) is 0 Å². The fourth-order valence-electron chi connectivity index (χ4n) is 1.43. The van der Waals surface area contributed by atoms with Gasteiger partial charge in [0.2, 0.25) is 0 Å². The van der Waals surface area contributed by atoms with E-state index in [2.05, 4.69) is 10.2 Å². The zero-order valence-electron chi connectivity index (χ0n) is 9.18. The molecule has 0 aliphatic carbocycles. The summed E-state index contributed by atoms with van der Waals surface area (Å²) in [6, 6.07) is 11.8. The van der Waals surface area contributed by atoms with E-state index < -0.39 is 0 Å². The fourth-order valence-corrected chi connectivity index (χ4v) is 1.69. The number of aromatic nitrogens is 2. The Hall–Kier alpha value is -1.61. The number of hydrogen-bond acceptors (Lipinski definition) is 3. The number of nitrogens with zero attached hydrogens (tertiary/aromatic N) is 3. The topological polar surface area (TPSA) is 29.0 Å². The molecule has 0 radical (unpaired) electrons. The Morgan fingerprint density at radius 1 is 1.06 bits per heavy atom. The van der Waals surface area contributed by atoms with Crippen LogP contribution in [-0.2, 0) is 0 Å². The highest BCUT2D eigenvalue weighted by Crippen LogP contribution is 2.25. The van der Waals surface area contributed by atoms with Gasteiger partial charge in [0, 0.05) is 19.7 Å². The van der Waals surface area contributed by atoms with E-state index in [1.807, 2.05) is 55.4 Å². The molecule has 1 aromatic heterocycles. The van der Waals surface area contributed by atoms with Crippen molar-refractivity contribution in [3.8, 4) is 11.3 Å². The van der Waals surface area contributed by atoms with Crippen molar-refractivity contribution in [1.29, 1.82) is 0 Å². The third-order valence-electron chi connectivity index (χ3n) is 2.28. The van der Waals surface area contributed by atoms with Crippen LogP contribution in [0.4, 0.5) is 5.69 Å². The summed E-state index contributed by atoms with van der Waals surface area (Å²) in [5.41, 5.74) is 2.74. The maximum absolute atomic E-state index is 5.96. The maximum atomic E-state index is 5.96. The summed E-state index contributed by atoms with van der Waals surface area (Å²) < 4.78 is 0. The molecular formula is C12H12ClN3. The van der Waals surface area contributed by atoms with Crippen LogP contribution in [0.25, 0.3) is 11.3 Å². The predicted octanol–water partition coefficient (Wildman–Crippen LogP) is 2.86. The Morgan fingerprint density at radius 2 is 1.75 bits per heavy atom. The third kappa shape index (κ3) is 2.14. The predicted molar refractivity (Wildman–Crippen MR) is 66.8 cm³/mol. The largest absolute Gasteiger partial charge is 0.375 e. The molecule has 0 saturated carbocycles. The van der Waals surface area contributed by atoms with Gasteiger partial charge in [-0.1, -0.05) is 41.9 Å². The summed E-state index contributed by atoms with van der Waals surface area (Å²) in [5, 5.41) is 8.45. The fraction of sp³-hybridized carbons (Fsp3) is 0.167. The van der Waals surface area contributed by atoms with Crippen LogP contribution in [0, 0.1) is 0 Å². The molecule has 2 rings (SSSR count). The molecule has 0 N–H and O–H groups in total. The van der Waals surface area contributed by atoms with Crippen LogP contribution in [0.2, 0.25) is 5.15 Å². The summed E-state index contributed by atoms with van der Waals surface area (Å²) in [6.45, 7) is 0. The van der Waals surface area contributed by atoms with Crippen molar-refractivity contribution in [3.05, 3.63) is 41.6 Å². The van der Waals surface area contributed by atoms with E-state index in [1.165, 1.54) is 0 Å². The lowest BCUT2D eigenvalue weighted by Gasteiger charge is -2.13. The zero-order chi connectivity index (χ0) is 11.5. The van der Waals surface area contributed by atoms with Gasteiger partial charge < -0.3 is 4.90 Å². The van der Waals surface area contributed by atoms with Crippen LogP contribution in [0.1, 0.15) is 0 Å². The van der Waals surface area contributed by atoms with Crippen LogP contribution < -0.4 is 4.90 Å². The molecule has 0 atom stereocenters. The quantitative estimate of drug-likeness (QED) is 0.799. The Morgan fingerprint density at radius 3 is 2.38 bits per heavy atom. The normalized spacial score (nSPS) is 10.2. The maximum Gasteiger partial charge on any atom is 0.174 e. The van der Waals surface area contributed by atoms with E-state index in [0.29, 0.717) is 5.15 Å². The van der Waals surface area contributed by atoms with E-state index >= 15 is 0 Å². The van der Waals surface area contributed by atoms with E-state index in [1.54, 1.807) is 0 Å². The smallest absolute Gasteiger partial charge is 0.174 e. The Bertz CT molecular complexity index is 483. The minimum atomic E-state index is 0.421. The van der Waals surface area contributed by atoms with Gasteiger partial charge in [0.25, 0.3) is 0 Å². The first-order valence-electron chi connectivity index (χ1n) is 4.94. The van der Waals surface area contributed by atoms with Crippen molar-refractivity contribution >= 4 is 17.3 Å². The van der Waals surface area contributed by atoms with Gasteiger partial charge in [0.1, 0.15) is 0 Å². The van der Waals surface area contributed by atoms with Crippen LogP contribution in [0.5, 0.6) is 0 Å². The monoisotopic (exact) mass is 233 g/mol. The highest BCUT2D eigenvalue weighted by atomic mass is 35.5. The molecule has 2 aromatic rings. The van der Waals surface area contributed by atoms with Crippen LogP contribution >= 0.6 is 11.6 Å². The van der Waals surface area contributed by atoms with E-state index in [9.17, 15) is 0 Å². The van der Waals surface area contributed by atoms with Gasteiger partial charge in [0.05, 0.1) is 11.4 Å². The molecule has 0 fully saturated rings. The second-order valence-corrected chi connectivity index (χ2v) is 4.02. The van der Waals surface area contributed by atoms with Crippen molar-refractivity contribution in [3.63, 3.8) is 0 Å². The first kappa shape index (κ1) is 10.9. The average molecular weight is 234 g/mol.